The molecule has 0 aliphatic carbocycles. The number of benzene rings is 1. The number of hydrogen-bond acceptors (Lipinski definition) is 2. The molecule has 1 saturated heterocycles. The minimum absolute atomic E-state index is 0.155. The molecule has 4 nitrogen and oxygen atoms in total. The van der Waals surface area contributed by atoms with Crippen molar-refractivity contribution in [2.75, 3.05) is 40.3 Å². The molecule has 134 valence electrons. The molecule has 1 heterocycles. The molecule has 1 aliphatic heterocycles. The molecule has 0 bridgehead atoms. The van der Waals surface area contributed by atoms with E-state index < -0.39 is 11.6 Å². The normalized spacial score (nSPS) is 19.8. The van der Waals surface area contributed by atoms with Gasteiger partial charge < -0.3 is 15.1 Å². The van der Waals surface area contributed by atoms with Crippen LogP contribution in [-0.4, -0.2) is 56.1 Å². The van der Waals surface area contributed by atoms with E-state index in [0.717, 1.165) is 38.5 Å². The predicted octanol–water partition coefficient (Wildman–Crippen LogP) is 3.05. The van der Waals surface area contributed by atoms with E-state index in [9.17, 15) is 13.6 Å². The molecule has 0 unspecified atom stereocenters. The Morgan fingerprint density at radius 1 is 1.46 bits per heavy atom. The Morgan fingerprint density at radius 2 is 2.21 bits per heavy atom. The van der Waals surface area contributed by atoms with Gasteiger partial charge in [0.1, 0.15) is 11.6 Å². The third kappa shape index (κ3) is 5.16. The van der Waals surface area contributed by atoms with Crippen molar-refractivity contribution >= 4 is 6.03 Å². The lowest BCUT2D eigenvalue weighted by atomic mass is 9.98. The number of carbonyl (C=O) groups is 1. The SMILES string of the molecule is C[C@H](CNC(=O)N(C)C[C@@H]1CCCN(C)C1)c1ccc(F)cc1F. The lowest BCUT2D eigenvalue weighted by Gasteiger charge is -2.32. The molecule has 24 heavy (non-hydrogen) atoms. The molecule has 1 fully saturated rings. The molecule has 1 aromatic rings. The van der Waals surface area contributed by atoms with Gasteiger partial charge in [-0.2, -0.15) is 0 Å². The second kappa shape index (κ2) is 8.42. The largest absolute Gasteiger partial charge is 0.337 e. The first-order valence-corrected chi connectivity index (χ1v) is 8.49. The Kier molecular flexibility index (Phi) is 6.54. The van der Waals surface area contributed by atoms with Crippen LogP contribution in [0.25, 0.3) is 0 Å². The second-order valence-electron chi connectivity index (χ2n) is 6.90. The van der Waals surface area contributed by atoms with Gasteiger partial charge in [0, 0.05) is 38.7 Å². The highest BCUT2D eigenvalue weighted by molar-refractivity contribution is 5.73. The van der Waals surface area contributed by atoms with Crippen LogP contribution < -0.4 is 5.32 Å². The molecule has 0 spiro atoms. The molecule has 1 aliphatic rings. The van der Waals surface area contributed by atoms with Crippen molar-refractivity contribution in [2.24, 2.45) is 5.92 Å². The third-order valence-corrected chi connectivity index (χ3v) is 4.65. The molecular weight excluding hydrogens is 312 g/mol. The van der Waals surface area contributed by atoms with Gasteiger partial charge in [-0.1, -0.05) is 13.0 Å². The smallest absolute Gasteiger partial charge is 0.317 e. The van der Waals surface area contributed by atoms with E-state index in [1.807, 2.05) is 6.92 Å². The first kappa shape index (κ1) is 18.6. The number of amides is 2. The Morgan fingerprint density at radius 3 is 2.88 bits per heavy atom. The van der Waals surface area contributed by atoms with Crippen LogP contribution in [0.1, 0.15) is 31.2 Å². The fourth-order valence-electron chi connectivity index (χ4n) is 3.28. The number of rotatable bonds is 5. The van der Waals surface area contributed by atoms with Gasteiger partial charge in [-0.15, -0.1) is 0 Å². The third-order valence-electron chi connectivity index (χ3n) is 4.65. The molecule has 0 saturated carbocycles. The fourth-order valence-corrected chi connectivity index (χ4v) is 3.28. The Balaban J connectivity index is 1.81. The summed E-state index contributed by atoms with van der Waals surface area (Å²) in [4.78, 5) is 16.2. The number of carbonyl (C=O) groups excluding carboxylic acids is 1. The number of hydrogen-bond donors (Lipinski definition) is 1. The number of nitrogens with one attached hydrogen (secondary N) is 1. The van der Waals surface area contributed by atoms with Crippen LogP contribution in [0.5, 0.6) is 0 Å². The number of halogens is 2. The molecule has 2 atom stereocenters. The Bertz CT molecular complexity index is 567. The van der Waals surface area contributed by atoms with E-state index in [0.29, 0.717) is 18.0 Å². The van der Waals surface area contributed by atoms with Gasteiger partial charge in [0.15, 0.2) is 0 Å². The van der Waals surface area contributed by atoms with E-state index in [2.05, 4.69) is 17.3 Å². The topological polar surface area (TPSA) is 35.6 Å². The van der Waals surface area contributed by atoms with Crippen LogP contribution in [0.2, 0.25) is 0 Å². The standard InChI is InChI=1S/C18H27F2N3O/c1-13(16-7-6-15(19)9-17(16)20)10-21-18(24)23(3)12-14-5-4-8-22(2)11-14/h6-7,9,13-14H,4-5,8,10-12H2,1-3H3,(H,21,24)/t13-,14-/m1/s1. The number of urea groups is 1. The average molecular weight is 339 g/mol. The number of piperidine rings is 1. The van der Waals surface area contributed by atoms with E-state index in [1.165, 1.54) is 12.1 Å². The quantitative estimate of drug-likeness (QED) is 0.895. The number of likely N-dealkylation sites (tertiary alicyclic amines) is 1. The highest BCUT2D eigenvalue weighted by atomic mass is 19.1. The molecule has 0 aromatic heterocycles. The minimum Gasteiger partial charge on any atom is -0.337 e. The average Bonchev–Trinajstić information content (AvgIpc) is 2.52. The van der Waals surface area contributed by atoms with Crippen molar-refractivity contribution in [1.29, 1.82) is 0 Å². The maximum absolute atomic E-state index is 13.8. The van der Waals surface area contributed by atoms with Crippen LogP contribution in [-0.2, 0) is 0 Å². The lowest BCUT2D eigenvalue weighted by Crippen LogP contribution is -2.44. The molecular formula is C18H27F2N3O. The summed E-state index contributed by atoms with van der Waals surface area (Å²) in [7, 11) is 3.89. The molecule has 1 N–H and O–H groups in total. The van der Waals surface area contributed by atoms with Crippen LogP contribution in [0.15, 0.2) is 18.2 Å². The van der Waals surface area contributed by atoms with E-state index >= 15 is 0 Å². The summed E-state index contributed by atoms with van der Waals surface area (Å²) >= 11 is 0. The minimum atomic E-state index is -0.593. The van der Waals surface area contributed by atoms with Gasteiger partial charge in [0.25, 0.3) is 0 Å². The summed E-state index contributed by atoms with van der Waals surface area (Å²) in [5, 5.41) is 2.84. The first-order valence-electron chi connectivity index (χ1n) is 8.49. The monoisotopic (exact) mass is 339 g/mol. The summed E-state index contributed by atoms with van der Waals surface area (Å²) in [6.07, 6.45) is 2.30. The van der Waals surface area contributed by atoms with Crippen molar-refractivity contribution in [1.82, 2.24) is 15.1 Å². The zero-order valence-electron chi connectivity index (χ0n) is 14.7. The summed E-state index contributed by atoms with van der Waals surface area (Å²) < 4.78 is 26.7. The second-order valence-corrected chi connectivity index (χ2v) is 6.90. The van der Waals surface area contributed by atoms with Crippen molar-refractivity contribution < 1.29 is 13.6 Å². The van der Waals surface area contributed by atoms with Crippen LogP contribution in [0.3, 0.4) is 0 Å². The van der Waals surface area contributed by atoms with E-state index in [1.54, 1.807) is 11.9 Å². The van der Waals surface area contributed by atoms with Crippen LogP contribution in [0, 0.1) is 17.6 Å². The van der Waals surface area contributed by atoms with Crippen molar-refractivity contribution in [2.45, 2.75) is 25.7 Å². The molecule has 6 heteroatoms. The summed E-state index contributed by atoms with van der Waals surface area (Å²) in [5.74, 6) is -0.893. The van der Waals surface area contributed by atoms with Crippen LogP contribution >= 0.6 is 0 Å². The van der Waals surface area contributed by atoms with Gasteiger partial charge >= 0.3 is 6.03 Å². The Hall–Kier alpha value is -1.69. The molecule has 2 rings (SSSR count). The van der Waals surface area contributed by atoms with Gasteiger partial charge in [0.2, 0.25) is 0 Å². The summed E-state index contributed by atoms with van der Waals surface area (Å²) in [5.41, 5.74) is 0.410. The summed E-state index contributed by atoms with van der Waals surface area (Å²) in [6, 6.07) is 3.39. The lowest BCUT2D eigenvalue weighted by molar-refractivity contribution is 0.163. The van der Waals surface area contributed by atoms with Gasteiger partial charge in [-0.25, -0.2) is 13.6 Å². The van der Waals surface area contributed by atoms with Crippen LogP contribution in [0.4, 0.5) is 13.6 Å². The maximum atomic E-state index is 13.8. The van der Waals surface area contributed by atoms with Gasteiger partial charge in [-0.05, 0) is 44.0 Å². The fraction of sp³-hybridized carbons (Fsp3) is 0.611. The van der Waals surface area contributed by atoms with E-state index in [-0.39, 0.29) is 11.9 Å². The van der Waals surface area contributed by atoms with Gasteiger partial charge in [-0.3, -0.25) is 0 Å². The first-order chi connectivity index (χ1) is 11.4. The van der Waals surface area contributed by atoms with Crippen molar-refractivity contribution in [3.8, 4) is 0 Å². The van der Waals surface area contributed by atoms with E-state index in [4.69, 9.17) is 0 Å². The summed E-state index contributed by atoms with van der Waals surface area (Å²) in [6.45, 7) is 4.97. The highest BCUT2D eigenvalue weighted by Gasteiger charge is 2.21. The number of nitrogens with zero attached hydrogens (tertiary/aromatic N) is 2. The highest BCUT2D eigenvalue weighted by Crippen LogP contribution is 2.19. The van der Waals surface area contributed by atoms with Gasteiger partial charge in [0.05, 0.1) is 0 Å². The zero-order valence-corrected chi connectivity index (χ0v) is 14.7. The zero-order chi connectivity index (χ0) is 17.7. The molecule has 1 aromatic carbocycles. The maximum Gasteiger partial charge on any atom is 0.317 e. The Labute approximate surface area is 142 Å². The predicted molar refractivity (Wildman–Crippen MR) is 91.0 cm³/mol. The van der Waals surface area contributed by atoms with Crippen molar-refractivity contribution in [3.63, 3.8) is 0 Å². The molecule has 2 amide bonds. The molecule has 0 radical (unpaired) electrons. The van der Waals surface area contributed by atoms with Crippen molar-refractivity contribution in [3.05, 3.63) is 35.4 Å².